The third-order valence-electron chi connectivity index (χ3n) is 2.27. The molecule has 0 amide bonds. The molecule has 1 aromatic heterocycles. The molecule has 1 heterocycles. The summed E-state index contributed by atoms with van der Waals surface area (Å²) in [4.78, 5) is 10.1. The Labute approximate surface area is 114 Å². The molecule has 0 saturated carbocycles. The lowest BCUT2D eigenvalue weighted by atomic mass is 10.3. The molecule has 0 aliphatic carbocycles. The van der Waals surface area contributed by atoms with Crippen LogP contribution < -0.4 is 16.2 Å². The zero-order valence-corrected chi connectivity index (χ0v) is 11.6. The van der Waals surface area contributed by atoms with Gasteiger partial charge in [0.1, 0.15) is 16.6 Å². The molecule has 7 nitrogen and oxygen atoms in total. The van der Waals surface area contributed by atoms with Gasteiger partial charge in [0.15, 0.2) is 5.82 Å². The lowest BCUT2D eigenvalue weighted by Crippen LogP contribution is -2.29. The molecule has 1 aromatic rings. The summed E-state index contributed by atoms with van der Waals surface area (Å²) in [6, 6.07) is 2.11. The van der Waals surface area contributed by atoms with Crippen LogP contribution in [0, 0.1) is 11.3 Å². The predicted octanol–water partition coefficient (Wildman–Crippen LogP) is 0.891. The molecule has 0 aliphatic heterocycles. The number of halogens is 1. The standard InChI is InChI=1S/C10H15BrN6O/c1-18-6-5-17(4-2-3-12)10-8(11)9(16-13)14-7-15-10/h7H,2,4-6,13H2,1H3,(H,14,15,16). The Morgan fingerprint density at radius 1 is 1.56 bits per heavy atom. The van der Waals surface area contributed by atoms with E-state index in [1.807, 2.05) is 4.90 Å². The smallest absolute Gasteiger partial charge is 0.159 e. The van der Waals surface area contributed by atoms with E-state index in [1.54, 1.807) is 7.11 Å². The third kappa shape index (κ3) is 3.80. The number of hydrogen-bond donors (Lipinski definition) is 2. The van der Waals surface area contributed by atoms with Crippen molar-refractivity contribution in [2.45, 2.75) is 6.42 Å². The maximum Gasteiger partial charge on any atom is 0.159 e. The Bertz CT molecular complexity index is 421. The highest BCUT2D eigenvalue weighted by atomic mass is 79.9. The summed E-state index contributed by atoms with van der Waals surface area (Å²) < 4.78 is 5.71. The van der Waals surface area contributed by atoms with Gasteiger partial charge in [-0.3, -0.25) is 0 Å². The van der Waals surface area contributed by atoms with Gasteiger partial charge in [0.05, 0.1) is 19.1 Å². The number of hydrazine groups is 1. The number of hydrogen-bond acceptors (Lipinski definition) is 7. The van der Waals surface area contributed by atoms with Gasteiger partial charge < -0.3 is 15.1 Å². The van der Waals surface area contributed by atoms with E-state index in [4.69, 9.17) is 15.8 Å². The van der Waals surface area contributed by atoms with Gasteiger partial charge >= 0.3 is 0 Å². The van der Waals surface area contributed by atoms with Crippen molar-refractivity contribution >= 4 is 27.6 Å². The number of methoxy groups -OCH3 is 1. The van der Waals surface area contributed by atoms with E-state index in [0.717, 1.165) is 0 Å². The van der Waals surface area contributed by atoms with Crippen molar-refractivity contribution in [1.82, 2.24) is 9.97 Å². The topological polar surface area (TPSA) is 100 Å². The van der Waals surface area contributed by atoms with Gasteiger partial charge in [-0.05, 0) is 15.9 Å². The highest BCUT2D eigenvalue weighted by Gasteiger charge is 2.14. The molecule has 98 valence electrons. The summed E-state index contributed by atoms with van der Waals surface area (Å²) in [6.45, 7) is 1.75. The number of nitriles is 1. The molecule has 18 heavy (non-hydrogen) atoms. The summed E-state index contributed by atoms with van der Waals surface area (Å²) in [5.74, 6) is 6.54. The van der Waals surface area contributed by atoms with Gasteiger partial charge in [-0.1, -0.05) is 0 Å². The second-order valence-electron chi connectivity index (χ2n) is 3.39. The van der Waals surface area contributed by atoms with Crippen molar-refractivity contribution in [3.63, 3.8) is 0 Å². The monoisotopic (exact) mass is 314 g/mol. The van der Waals surface area contributed by atoms with Crippen LogP contribution in [0.4, 0.5) is 11.6 Å². The number of nitrogens with zero attached hydrogens (tertiary/aromatic N) is 4. The van der Waals surface area contributed by atoms with Crippen molar-refractivity contribution in [3.8, 4) is 6.07 Å². The molecule has 0 unspecified atom stereocenters. The highest BCUT2D eigenvalue weighted by Crippen LogP contribution is 2.28. The average molecular weight is 315 g/mol. The van der Waals surface area contributed by atoms with Crippen molar-refractivity contribution in [2.75, 3.05) is 37.1 Å². The summed E-state index contributed by atoms with van der Waals surface area (Å²) in [5.41, 5.74) is 2.48. The number of nitrogen functional groups attached to an aromatic ring is 1. The molecule has 8 heteroatoms. The number of aromatic nitrogens is 2. The van der Waals surface area contributed by atoms with Crippen LogP contribution in [0.15, 0.2) is 10.8 Å². The zero-order chi connectivity index (χ0) is 13.4. The number of nitrogens with two attached hydrogens (primary N) is 1. The summed E-state index contributed by atoms with van der Waals surface area (Å²) in [7, 11) is 1.63. The van der Waals surface area contributed by atoms with Crippen LogP contribution in [0.1, 0.15) is 6.42 Å². The minimum atomic E-state index is 0.408. The molecule has 0 bridgehead atoms. The van der Waals surface area contributed by atoms with Gasteiger partial charge in [0, 0.05) is 20.2 Å². The van der Waals surface area contributed by atoms with Crippen molar-refractivity contribution in [2.24, 2.45) is 5.84 Å². The number of nitrogens with one attached hydrogen (secondary N) is 1. The van der Waals surface area contributed by atoms with E-state index in [1.165, 1.54) is 6.33 Å². The van der Waals surface area contributed by atoms with Crippen LogP contribution in [-0.4, -0.2) is 36.8 Å². The molecule has 0 atom stereocenters. The first-order chi connectivity index (χ1) is 8.74. The Kier molecular flexibility index (Phi) is 6.35. The van der Waals surface area contributed by atoms with Gasteiger partial charge in [-0.2, -0.15) is 5.26 Å². The second kappa shape index (κ2) is 7.81. The Hall–Kier alpha value is -1.43. The first-order valence-corrected chi connectivity index (χ1v) is 6.11. The normalized spacial score (nSPS) is 9.89. The molecule has 1 rings (SSSR count). The fourth-order valence-corrected chi connectivity index (χ4v) is 1.96. The van der Waals surface area contributed by atoms with Gasteiger partial charge in [0.25, 0.3) is 0 Å². The molecular formula is C10H15BrN6O. The zero-order valence-electron chi connectivity index (χ0n) is 10.1. The van der Waals surface area contributed by atoms with E-state index in [0.29, 0.717) is 42.2 Å². The summed E-state index contributed by atoms with van der Waals surface area (Å²) >= 11 is 3.39. The van der Waals surface area contributed by atoms with E-state index in [9.17, 15) is 0 Å². The fourth-order valence-electron chi connectivity index (χ4n) is 1.39. The van der Waals surface area contributed by atoms with Gasteiger partial charge in [0.2, 0.25) is 0 Å². The molecule has 0 saturated heterocycles. The lowest BCUT2D eigenvalue weighted by molar-refractivity contribution is 0.205. The van der Waals surface area contributed by atoms with E-state index in [-0.39, 0.29) is 0 Å². The quantitative estimate of drug-likeness (QED) is 0.569. The molecule has 0 radical (unpaired) electrons. The number of rotatable bonds is 7. The number of anilines is 2. The van der Waals surface area contributed by atoms with Crippen LogP contribution in [0.25, 0.3) is 0 Å². The Balaban J connectivity index is 2.93. The average Bonchev–Trinajstić information content (AvgIpc) is 2.40. The van der Waals surface area contributed by atoms with Gasteiger partial charge in [-0.15, -0.1) is 0 Å². The van der Waals surface area contributed by atoms with Crippen LogP contribution in [0.3, 0.4) is 0 Å². The second-order valence-corrected chi connectivity index (χ2v) is 4.19. The SMILES string of the molecule is COCCN(CCC#N)c1ncnc(NN)c1Br. The predicted molar refractivity (Wildman–Crippen MR) is 71.9 cm³/mol. The Morgan fingerprint density at radius 2 is 2.33 bits per heavy atom. The molecule has 3 N–H and O–H groups in total. The van der Waals surface area contributed by atoms with Crippen LogP contribution in [0.5, 0.6) is 0 Å². The van der Waals surface area contributed by atoms with Crippen molar-refractivity contribution in [3.05, 3.63) is 10.8 Å². The van der Waals surface area contributed by atoms with E-state index < -0.39 is 0 Å². The first kappa shape index (κ1) is 14.6. The summed E-state index contributed by atoms with van der Waals surface area (Å²) in [5, 5.41) is 8.67. The molecule has 0 aromatic carbocycles. The van der Waals surface area contributed by atoms with Crippen LogP contribution in [-0.2, 0) is 4.74 Å². The molecule has 0 aliphatic rings. The maximum atomic E-state index is 8.67. The van der Waals surface area contributed by atoms with E-state index in [2.05, 4.69) is 37.4 Å². The third-order valence-corrected chi connectivity index (χ3v) is 3.00. The lowest BCUT2D eigenvalue weighted by Gasteiger charge is -2.23. The van der Waals surface area contributed by atoms with E-state index >= 15 is 0 Å². The molecule has 0 spiro atoms. The van der Waals surface area contributed by atoms with Crippen LogP contribution in [0.2, 0.25) is 0 Å². The highest BCUT2D eigenvalue weighted by molar-refractivity contribution is 9.10. The fraction of sp³-hybridized carbons (Fsp3) is 0.500. The minimum Gasteiger partial charge on any atom is -0.383 e. The summed E-state index contributed by atoms with van der Waals surface area (Å²) in [6.07, 6.45) is 1.83. The number of ether oxygens (including phenoxy) is 1. The first-order valence-electron chi connectivity index (χ1n) is 5.32. The van der Waals surface area contributed by atoms with Gasteiger partial charge in [-0.25, -0.2) is 15.8 Å². The minimum absolute atomic E-state index is 0.408. The Morgan fingerprint density at radius 3 is 2.94 bits per heavy atom. The molecular weight excluding hydrogens is 300 g/mol. The van der Waals surface area contributed by atoms with Crippen LogP contribution >= 0.6 is 15.9 Å². The van der Waals surface area contributed by atoms with Crippen molar-refractivity contribution < 1.29 is 4.74 Å². The molecule has 0 fully saturated rings. The van der Waals surface area contributed by atoms with Crippen molar-refractivity contribution in [1.29, 1.82) is 5.26 Å². The maximum absolute atomic E-state index is 8.67. The largest absolute Gasteiger partial charge is 0.383 e.